The first-order chi connectivity index (χ1) is 19.7. The number of nitrogens with zero attached hydrogens (tertiary/aromatic N) is 3. The second-order valence-corrected chi connectivity index (χ2v) is 11.8. The third-order valence-corrected chi connectivity index (χ3v) is 9.23. The Labute approximate surface area is 243 Å². The van der Waals surface area contributed by atoms with Gasteiger partial charge in [0.25, 0.3) is 0 Å². The minimum absolute atomic E-state index is 0.00942. The zero-order valence-corrected chi connectivity index (χ0v) is 24.7. The predicted octanol–water partition coefficient (Wildman–Crippen LogP) is 3.49. The summed E-state index contributed by atoms with van der Waals surface area (Å²) in [7, 11) is 4.16. The summed E-state index contributed by atoms with van der Waals surface area (Å²) in [6.07, 6.45) is 5.93. The molecule has 3 aliphatic heterocycles. The van der Waals surface area contributed by atoms with Gasteiger partial charge in [0.15, 0.2) is 6.29 Å². The lowest BCUT2D eigenvalue weighted by molar-refractivity contribution is -0.138. The molecule has 5 rings (SSSR count). The van der Waals surface area contributed by atoms with Crippen LogP contribution in [0.4, 0.5) is 11.4 Å². The van der Waals surface area contributed by atoms with E-state index in [2.05, 4.69) is 51.6 Å². The van der Waals surface area contributed by atoms with Crippen LogP contribution in [0.1, 0.15) is 60.5 Å². The Balaban J connectivity index is 1.32. The highest BCUT2D eigenvalue weighted by Gasteiger charge is 2.45. The number of hydrogen-bond acceptors (Lipinski definition) is 7. The van der Waals surface area contributed by atoms with Crippen LogP contribution in [0.3, 0.4) is 0 Å². The second-order valence-electron chi connectivity index (χ2n) is 11.8. The quantitative estimate of drug-likeness (QED) is 0.542. The fourth-order valence-corrected chi connectivity index (χ4v) is 6.70. The molecular formula is C32H43N5O4. The van der Waals surface area contributed by atoms with Gasteiger partial charge < -0.3 is 25.2 Å². The van der Waals surface area contributed by atoms with Crippen molar-refractivity contribution in [1.29, 1.82) is 0 Å². The maximum atomic E-state index is 13.8. The summed E-state index contributed by atoms with van der Waals surface area (Å²) in [4.78, 5) is 45.1. The molecule has 1 unspecified atom stereocenters. The van der Waals surface area contributed by atoms with E-state index in [1.807, 2.05) is 31.2 Å². The molecule has 1 spiro atoms. The number of para-hydroxylation sites is 1. The lowest BCUT2D eigenvalue weighted by atomic mass is 9.73. The van der Waals surface area contributed by atoms with E-state index in [1.54, 1.807) is 6.92 Å². The van der Waals surface area contributed by atoms with Gasteiger partial charge in [0, 0.05) is 32.7 Å². The number of piperidine rings is 1. The first-order valence-electron chi connectivity index (χ1n) is 14.8. The van der Waals surface area contributed by atoms with E-state index in [0.29, 0.717) is 18.7 Å². The lowest BCUT2D eigenvalue weighted by Crippen LogP contribution is -2.59. The predicted molar refractivity (Wildman–Crippen MR) is 161 cm³/mol. The number of aldehydes is 1. The standard InChI is InChI=1S/C32H43N5O4/c1-22-19-26-27(20-25(22)21-38)36(4)31(35(26)3)37-16-13-32(14-17-37)12-8-7-10-24-9-5-6-11-28(24)41-18-15-33-29(39)23(2)34-30(32)40/h5-6,9,11,19-21,23,31H,7-8,10,12-18H2,1-4H3,(H,33,39)(H,34,40)/t23-,31?/m0/s1. The minimum atomic E-state index is -0.619. The Morgan fingerprint density at radius 2 is 1.71 bits per heavy atom. The summed E-state index contributed by atoms with van der Waals surface area (Å²) in [6.45, 7) is 6.00. The molecule has 0 aromatic heterocycles. The molecule has 0 aliphatic carbocycles. The van der Waals surface area contributed by atoms with Crippen LogP contribution in [0.5, 0.6) is 5.75 Å². The van der Waals surface area contributed by atoms with Gasteiger partial charge in [-0.15, -0.1) is 0 Å². The fraction of sp³-hybridized carbons (Fsp3) is 0.531. The van der Waals surface area contributed by atoms with Crippen LogP contribution in [0.25, 0.3) is 0 Å². The summed E-state index contributed by atoms with van der Waals surface area (Å²) in [5, 5.41) is 5.95. The van der Waals surface area contributed by atoms with Crippen molar-refractivity contribution in [2.24, 2.45) is 5.41 Å². The zero-order valence-electron chi connectivity index (χ0n) is 24.7. The zero-order chi connectivity index (χ0) is 29.1. The van der Waals surface area contributed by atoms with E-state index in [-0.39, 0.29) is 18.1 Å². The Kier molecular flexibility index (Phi) is 8.54. The van der Waals surface area contributed by atoms with E-state index in [9.17, 15) is 14.4 Å². The number of ether oxygens (including phenoxy) is 1. The molecule has 1 fully saturated rings. The molecule has 2 amide bonds. The maximum Gasteiger partial charge on any atom is 0.242 e. The second kappa shape index (κ2) is 12.1. The van der Waals surface area contributed by atoms with Crippen LogP contribution < -0.4 is 25.2 Å². The van der Waals surface area contributed by atoms with Crippen LogP contribution >= 0.6 is 0 Å². The number of aryl methyl sites for hydroxylation is 2. The lowest BCUT2D eigenvalue weighted by Gasteiger charge is -2.46. The van der Waals surface area contributed by atoms with Gasteiger partial charge in [-0.25, -0.2) is 0 Å². The Hall–Kier alpha value is -3.59. The van der Waals surface area contributed by atoms with Gasteiger partial charge in [-0.05, 0) is 75.3 Å². The number of carbonyl (C=O) groups is 3. The van der Waals surface area contributed by atoms with Crippen LogP contribution in [-0.2, 0) is 16.0 Å². The van der Waals surface area contributed by atoms with Gasteiger partial charge in [-0.2, -0.15) is 0 Å². The molecule has 0 bridgehead atoms. The van der Waals surface area contributed by atoms with Gasteiger partial charge >= 0.3 is 0 Å². The summed E-state index contributed by atoms with van der Waals surface area (Å²) in [5.74, 6) is 0.645. The van der Waals surface area contributed by atoms with Crippen molar-refractivity contribution in [2.45, 2.75) is 64.7 Å². The number of rotatable bonds is 2. The van der Waals surface area contributed by atoms with Crippen LogP contribution in [0, 0.1) is 12.3 Å². The number of nitrogens with one attached hydrogen (secondary N) is 2. The molecule has 3 aliphatic rings. The number of amides is 2. The molecule has 220 valence electrons. The Morgan fingerprint density at radius 1 is 1.00 bits per heavy atom. The number of likely N-dealkylation sites (tertiary alicyclic amines) is 1. The molecule has 3 heterocycles. The summed E-state index contributed by atoms with van der Waals surface area (Å²) < 4.78 is 5.97. The SMILES string of the molecule is Cc1cc2c(cc1C=O)N(C)C(N1CCC3(CCCCc4ccccc4OCCNC(=O)[C@H](C)NC3=O)CC1)N2C. The van der Waals surface area contributed by atoms with E-state index < -0.39 is 11.5 Å². The van der Waals surface area contributed by atoms with Gasteiger partial charge in [0.2, 0.25) is 11.8 Å². The molecule has 2 N–H and O–H groups in total. The smallest absolute Gasteiger partial charge is 0.242 e. The third-order valence-electron chi connectivity index (χ3n) is 9.23. The number of hydrogen-bond donors (Lipinski definition) is 2. The van der Waals surface area contributed by atoms with E-state index in [1.165, 1.54) is 0 Å². The van der Waals surface area contributed by atoms with Gasteiger partial charge in [0.05, 0.1) is 23.3 Å². The van der Waals surface area contributed by atoms with Crippen LogP contribution in [0.2, 0.25) is 0 Å². The van der Waals surface area contributed by atoms with Crippen molar-refractivity contribution >= 4 is 29.5 Å². The fourth-order valence-electron chi connectivity index (χ4n) is 6.70. The van der Waals surface area contributed by atoms with Gasteiger partial charge in [0.1, 0.15) is 24.7 Å². The topological polar surface area (TPSA) is 94.2 Å². The molecule has 9 heteroatoms. The van der Waals surface area contributed by atoms with Gasteiger partial charge in [-0.3, -0.25) is 19.3 Å². The summed E-state index contributed by atoms with van der Waals surface area (Å²) in [5.41, 5.74) is 4.47. The highest BCUT2D eigenvalue weighted by atomic mass is 16.5. The Bertz CT molecular complexity index is 1290. The molecule has 2 atom stereocenters. The average Bonchev–Trinajstić information content (AvgIpc) is 3.21. The number of anilines is 2. The van der Waals surface area contributed by atoms with Crippen molar-refractivity contribution in [3.63, 3.8) is 0 Å². The van der Waals surface area contributed by atoms with Crippen molar-refractivity contribution in [1.82, 2.24) is 15.5 Å². The first-order valence-corrected chi connectivity index (χ1v) is 14.8. The highest BCUT2D eigenvalue weighted by Crippen LogP contribution is 2.44. The number of carbonyl (C=O) groups excluding carboxylic acids is 3. The van der Waals surface area contributed by atoms with Crippen molar-refractivity contribution in [3.05, 3.63) is 53.1 Å². The normalized spacial score (nSPS) is 23.9. The highest BCUT2D eigenvalue weighted by molar-refractivity contribution is 5.90. The molecule has 1 saturated heterocycles. The number of benzene rings is 2. The van der Waals surface area contributed by atoms with Crippen molar-refractivity contribution < 1.29 is 19.1 Å². The van der Waals surface area contributed by atoms with Crippen molar-refractivity contribution in [2.75, 3.05) is 50.1 Å². The molecular weight excluding hydrogens is 518 g/mol. The van der Waals surface area contributed by atoms with Crippen LogP contribution in [0.15, 0.2) is 36.4 Å². The molecule has 9 nitrogen and oxygen atoms in total. The summed E-state index contributed by atoms with van der Waals surface area (Å²) in [6, 6.07) is 11.5. The maximum absolute atomic E-state index is 13.8. The molecule has 41 heavy (non-hydrogen) atoms. The molecule has 0 saturated carbocycles. The third kappa shape index (κ3) is 5.77. The minimum Gasteiger partial charge on any atom is -0.491 e. The largest absolute Gasteiger partial charge is 0.491 e. The van der Waals surface area contributed by atoms with Crippen LogP contribution in [-0.4, -0.2) is 75.7 Å². The molecule has 0 radical (unpaired) electrons. The van der Waals surface area contributed by atoms with Crippen molar-refractivity contribution in [3.8, 4) is 5.75 Å². The Morgan fingerprint density at radius 3 is 2.44 bits per heavy atom. The monoisotopic (exact) mass is 561 g/mol. The van der Waals surface area contributed by atoms with Gasteiger partial charge in [-0.1, -0.05) is 24.6 Å². The average molecular weight is 562 g/mol. The summed E-state index contributed by atoms with van der Waals surface area (Å²) >= 11 is 0. The first kappa shape index (κ1) is 28.9. The molecule has 2 aromatic rings. The van der Waals surface area contributed by atoms with E-state index in [4.69, 9.17) is 4.74 Å². The molecule has 2 aromatic carbocycles. The number of fused-ring (bicyclic) bond motifs is 2. The van der Waals surface area contributed by atoms with E-state index >= 15 is 0 Å². The van der Waals surface area contributed by atoms with E-state index in [0.717, 1.165) is 86.2 Å².